The van der Waals surface area contributed by atoms with Gasteiger partial charge in [-0.3, -0.25) is 4.57 Å². The van der Waals surface area contributed by atoms with Crippen LogP contribution in [0.25, 0.3) is 72.1 Å². The zero-order valence-corrected chi connectivity index (χ0v) is 52.6. The van der Waals surface area contributed by atoms with Crippen LogP contribution >= 0.6 is 0 Å². The fraction of sp³-hybridized carbons (Fsp3) is 0.263. The Balaban J connectivity index is 0.937. The molecule has 0 unspecified atom stereocenters. The zero-order chi connectivity index (χ0) is 60.0. The topological polar surface area (TPSA) is 33.5 Å². The first-order valence-corrected chi connectivity index (χ1v) is 30.4. The molecule has 2 aromatic heterocycles. The summed E-state index contributed by atoms with van der Waals surface area (Å²) in [6, 6.07) is 76.4. The molecule has 0 amide bonds. The molecule has 0 bridgehead atoms. The van der Waals surface area contributed by atoms with Crippen LogP contribution in [-0.4, -0.2) is 16.2 Å². The molecule has 3 heterocycles. The van der Waals surface area contributed by atoms with E-state index in [0.29, 0.717) is 6.67 Å². The first-order valence-electron chi connectivity index (χ1n) is 30.4. The molecular weight excluding hydrogens is 1030 g/mol. The van der Waals surface area contributed by atoms with E-state index >= 15 is 0 Å². The van der Waals surface area contributed by atoms with E-state index in [1.807, 2.05) is 0 Å². The van der Waals surface area contributed by atoms with E-state index < -0.39 is 0 Å². The van der Waals surface area contributed by atoms with Gasteiger partial charge in [-0.2, -0.15) is 0 Å². The van der Waals surface area contributed by atoms with Crippen molar-refractivity contribution in [2.75, 3.05) is 16.5 Å². The van der Waals surface area contributed by atoms with Crippen LogP contribution in [-0.2, 0) is 27.1 Å². The highest BCUT2D eigenvalue weighted by Gasteiger charge is 2.34. The maximum absolute atomic E-state index is 6.99. The zero-order valence-electron chi connectivity index (χ0n) is 52.6. The van der Waals surface area contributed by atoms with Gasteiger partial charge in [0.15, 0.2) is 0 Å². The van der Waals surface area contributed by atoms with Crippen molar-refractivity contribution in [2.24, 2.45) is 0 Å². The van der Waals surface area contributed by atoms with Gasteiger partial charge in [0.2, 0.25) is 0 Å². The smallest absolute Gasteiger partial charge is 0.137 e. The quantitative estimate of drug-likeness (QED) is 0.144. The molecule has 5 heteroatoms. The second-order valence-corrected chi connectivity index (χ2v) is 28.7. The normalized spacial score (nSPS) is 13.3. The van der Waals surface area contributed by atoms with Crippen molar-refractivity contribution >= 4 is 44.6 Å². The number of pyridine rings is 1. The standard InChI is InChI=1S/C80H82N4O/c1-76(2,3)57-39-37-53(38-40-57)52-33-35-54(36-34-52)66-45-60(79(10,11)12)46-67(55-23-20-25-58(43-55)77(4,5)6)75(66)83-51-82(71-31-18-19-32-72(71)83)61-27-22-28-62(47-61)85-63-41-42-65-64-29-16-17-30-70(64)84(73(65)48-63)74-49-69(80(13,14)15)68(50-81-74)56-24-21-26-59(44-56)78(7,8)9/h16-50H,51H2,1-15H3. The Morgan fingerprint density at radius 2 is 0.871 bits per heavy atom. The molecule has 0 aliphatic carbocycles. The predicted octanol–water partition coefficient (Wildman–Crippen LogP) is 22.4. The van der Waals surface area contributed by atoms with Gasteiger partial charge >= 0.3 is 0 Å². The monoisotopic (exact) mass is 1110 g/mol. The Bertz CT molecular complexity index is 4310. The minimum Gasteiger partial charge on any atom is -0.457 e. The number of nitrogens with zero attached hydrogens (tertiary/aromatic N) is 4. The van der Waals surface area contributed by atoms with Crippen molar-refractivity contribution in [2.45, 2.75) is 131 Å². The van der Waals surface area contributed by atoms with Crippen LogP contribution in [0.1, 0.15) is 132 Å². The van der Waals surface area contributed by atoms with Crippen molar-refractivity contribution in [1.82, 2.24) is 9.55 Å². The maximum atomic E-state index is 6.99. The fourth-order valence-electron chi connectivity index (χ4n) is 12.3. The summed E-state index contributed by atoms with van der Waals surface area (Å²) in [4.78, 5) is 10.3. The number of aromatic nitrogens is 2. The number of para-hydroxylation sites is 3. The van der Waals surface area contributed by atoms with Gasteiger partial charge in [0, 0.05) is 51.5 Å². The molecule has 85 heavy (non-hydrogen) atoms. The SMILES string of the molecule is CC(C)(C)c1ccc(-c2ccc(-c3cc(C(C)(C)C)cc(-c4cccc(C(C)(C)C)c4)c3N3CN(c4cccc(Oc5ccc6c7ccccc7n(-c7cc(C(C)(C)C)c(-c8cccc(C(C)(C)C)c8)cn7)c6c5)c4)c4ccccc43)cc2)cc1. The average molecular weight is 1120 g/mol. The number of anilines is 4. The first kappa shape index (κ1) is 56.8. The summed E-state index contributed by atoms with van der Waals surface area (Å²) < 4.78 is 9.30. The van der Waals surface area contributed by atoms with Crippen LogP contribution in [0.5, 0.6) is 11.5 Å². The second-order valence-electron chi connectivity index (χ2n) is 28.7. The lowest BCUT2D eigenvalue weighted by molar-refractivity contribution is 0.483. The largest absolute Gasteiger partial charge is 0.457 e. The Morgan fingerprint density at radius 1 is 0.353 bits per heavy atom. The van der Waals surface area contributed by atoms with Crippen molar-refractivity contribution in [3.8, 4) is 61.8 Å². The molecule has 0 saturated carbocycles. The summed E-state index contributed by atoms with van der Waals surface area (Å²) in [6.07, 6.45) is 2.08. The minimum atomic E-state index is -0.151. The Hall–Kier alpha value is -8.67. The predicted molar refractivity (Wildman–Crippen MR) is 362 cm³/mol. The molecule has 12 rings (SSSR count). The van der Waals surface area contributed by atoms with Crippen molar-refractivity contribution in [3.63, 3.8) is 0 Å². The summed E-state index contributed by atoms with van der Waals surface area (Å²) in [5.41, 5.74) is 22.5. The molecule has 9 aromatic carbocycles. The van der Waals surface area contributed by atoms with Gasteiger partial charge in [0.05, 0.1) is 28.1 Å². The lowest BCUT2D eigenvalue weighted by atomic mass is 9.80. The highest BCUT2D eigenvalue weighted by atomic mass is 16.5. The third kappa shape index (κ3) is 11.1. The molecule has 11 aromatic rings. The third-order valence-electron chi connectivity index (χ3n) is 17.3. The van der Waals surface area contributed by atoms with E-state index in [1.54, 1.807) is 0 Å². The van der Waals surface area contributed by atoms with Crippen molar-refractivity contribution in [1.29, 1.82) is 0 Å². The van der Waals surface area contributed by atoms with Crippen LogP contribution in [0.3, 0.4) is 0 Å². The van der Waals surface area contributed by atoms with Crippen LogP contribution < -0.4 is 14.5 Å². The number of hydrogen-bond acceptors (Lipinski definition) is 4. The van der Waals surface area contributed by atoms with Crippen molar-refractivity contribution in [3.05, 3.63) is 240 Å². The van der Waals surface area contributed by atoms with Gasteiger partial charge < -0.3 is 14.5 Å². The molecule has 0 spiro atoms. The molecule has 0 radical (unpaired) electrons. The molecule has 0 N–H and O–H groups in total. The molecule has 1 aliphatic heterocycles. The van der Waals surface area contributed by atoms with E-state index in [2.05, 4.69) is 331 Å². The number of fused-ring (bicyclic) bond motifs is 4. The highest BCUT2D eigenvalue weighted by Crippen LogP contribution is 2.52. The fourth-order valence-corrected chi connectivity index (χ4v) is 12.3. The van der Waals surface area contributed by atoms with Gasteiger partial charge in [-0.05, 0) is 143 Å². The van der Waals surface area contributed by atoms with E-state index in [-0.39, 0.29) is 27.1 Å². The first-order chi connectivity index (χ1) is 40.3. The van der Waals surface area contributed by atoms with Gasteiger partial charge in [0.1, 0.15) is 24.0 Å². The number of benzene rings is 9. The van der Waals surface area contributed by atoms with Crippen LogP contribution in [0.2, 0.25) is 0 Å². The van der Waals surface area contributed by atoms with E-state index in [4.69, 9.17) is 9.72 Å². The lowest BCUT2D eigenvalue weighted by Crippen LogP contribution is -2.25. The molecular formula is C80H82N4O. The summed E-state index contributed by atoms with van der Waals surface area (Å²) in [5.74, 6) is 2.39. The summed E-state index contributed by atoms with van der Waals surface area (Å²) in [5, 5.41) is 2.32. The summed E-state index contributed by atoms with van der Waals surface area (Å²) in [6.45, 7) is 35.0. The number of hydrogen-bond donors (Lipinski definition) is 0. The van der Waals surface area contributed by atoms with Crippen LogP contribution in [0.15, 0.2) is 212 Å². The summed E-state index contributed by atoms with van der Waals surface area (Å²) >= 11 is 0. The maximum Gasteiger partial charge on any atom is 0.137 e. The Labute approximate surface area is 505 Å². The Kier molecular flexibility index (Phi) is 14.1. The van der Waals surface area contributed by atoms with E-state index in [1.165, 1.54) is 77.8 Å². The number of rotatable bonds is 9. The molecule has 0 saturated heterocycles. The molecule has 1 aliphatic rings. The van der Waals surface area contributed by atoms with Gasteiger partial charge in [-0.15, -0.1) is 0 Å². The second kappa shape index (κ2) is 21.1. The average Bonchev–Trinajstić information content (AvgIpc) is 2.30. The molecule has 428 valence electrons. The number of ether oxygens (including phenoxy) is 1. The van der Waals surface area contributed by atoms with Gasteiger partial charge in [0.25, 0.3) is 0 Å². The van der Waals surface area contributed by atoms with E-state index in [0.717, 1.165) is 56.4 Å². The third-order valence-corrected chi connectivity index (χ3v) is 17.3. The Morgan fingerprint density at radius 3 is 1.48 bits per heavy atom. The van der Waals surface area contributed by atoms with Crippen LogP contribution in [0.4, 0.5) is 22.7 Å². The molecule has 5 nitrogen and oxygen atoms in total. The van der Waals surface area contributed by atoms with Crippen molar-refractivity contribution < 1.29 is 4.74 Å². The van der Waals surface area contributed by atoms with Crippen LogP contribution in [0, 0.1) is 0 Å². The van der Waals surface area contributed by atoms with Gasteiger partial charge in [-0.1, -0.05) is 237 Å². The minimum absolute atomic E-state index is 0.0280. The van der Waals surface area contributed by atoms with E-state index in [9.17, 15) is 0 Å². The lowest BCUT2D eigenvalue weighted by Gasteiger charge is -2.30. The molecule has 0 fully saturated rings. The highest BCUT2D eigenvalue weighted by molar-refractivity contribution is 6.09. The molecule has 0 atom stereocenters. The van der Waals surface area contributed by atoms with Gasteiger partial charge in [-0.25, -0.2) is 4.98 Å². The summed E-state index contributed by atoms with van der Waals surface area (Å²) in [7, 11) is 0.